The summed E-state index contributed by atoms with van der Waals surface area (Å²) in [5.41, 5.74) is 0.212. The number of methoxy groups -OCH3 is 1. The Labute approximate surface area is 142 Å². The highest BCUT2D eigenvalue weighted by Crippen LogP contribution is 2.26. The van der Waals surface area contributed by atoms with Crippen LogP contribution in [0.1, 0.15) is 49.0 Å². The zero-order valence-electron chi connectivity index (χ0n) is 14.1. The van der Waals surface area contributed by atoms with E-state index in [2.05, 4.69) is 25.2 Å². The number of nitrogens with zero attached hydrogens (tertiary/aromatic N) is 3. The van der Waals surface area contributed by atoms with Crippen molar-refractivity contribution in [3.63, 3.8) is 0 Å². The van der Waals surface area contributed by atoms with Crippen LogP contribution in [0.2, 0.25) is 0 Å². The lowest BCUT2D eigenvalue weighted by molar-refractivity contribution is 0.00992. The summed E-state index contributed by atoms with van der Waals surface area (Å²) in [6, 6.07) is 4.06. The number of ether oxygens (including phenoxy) is 1. The number of hydrogen-bond donors (Lipinski definition) is 2. The topological polar surface area (TPSA) is 87.6 Å². The van der Waals surface area contributed by atoms with Crippen LogP contribution in [0, 0.1) is 0 Å². The minimum atomic E-state index is -0.478. The minimum Gasteiger partial charge on any atom is -0.464 e. The molecule has 7 nitrogen and oxygen atoms in total. The van der Waals surface area contributed by atoms with Crippen molar-refractivity contribution < 1.29 is 14.6 Å². The van der Waals surface area contributed by atoms with Gasteiger partial charge in [0.1, 0.15) is 5.82 Å². The van der Waals surface area contributed by atoms with Crippen LogP contribution in [-0.4, -0.2) is 64.6 Å². The van der Waals surface area contributed by atoms with Gasteiger partial charge in [-0.25, -0.2) is 4.79 Å². The van der Waals surface area contributed by atoms with Crippen molar-refractivity contribution in [2.24, 2.45) is 0 Å². The second-order valence-electron chi connectivity index (χ2n) is 6.67. The third-order valence-electron chi connectivity index (χ3n) is 5.10. The molecule has 1 saturated heterocycles. The van der Waals surface area contributed by atoms with Crippen LogP contribution in [0.25, 0.3) is 0 Å². The maximum atomic E-state index is 11.4. The Morgan fingerprint density at radius 3 is 2.58 bits per heavy atom. The molecular formula is C17H26N4O3. The number of rotatable bonds is 4. The van der Waals surface area contributed by atoms with E-state index in [0.717, 1.165) is 45.2 Å². The third-order valence-corrected chi connectivity index (χ3v) is 5.10. The van der Waals surface area contributed by atoms with Crippen LogP contribution in [0.4, 0.5) is 5.82 Å². The first-order chi connectivity index (χ1) is 11.7. The Kier molecular flexibility index (Phi) is 5.63. The van der Waals surface area contributed by atoms with E-state index in [1.165, 1.54) is 13.5 Å². The molecule has 1 saturated carbocycles. The van der Waals surface area contributed by atoms with Gasteiger partial charge >= 0.3 is 5.97 Å². The highest BCUT2D eigenvalue weighted by molar-refractivity contribution is 5.86. The lowest BCUT2D eigenvalue weighted by Gasteiger charge is -2.41. The Morgan fingerprint density at radius 2 is 1.96 bits per heavy atom. The highest BCUT2D eigenvalue weighted by Gasteiger charge is 2.31. The smallest absolute Gasteiger partial charge is 0.358 e. The number of piperidine rings is 1. The van der Waals surface area contributed by atoms with Crippen molar-refractivity contribution >= 4 is 11.8 Å². The van der Waals surface area contributed by atoms with Gasteiger partial charge < -0.3 is 15.2 Å². The van der Waals surface area contributed by atoms with Crippen molar-refractivity contribution in [3.8, 4) is 0 Å². The first kappa shape index (κ1) is 17.1. The van der Waals surface area contributed by atoms with E-state index in [1.807, 2.05) is 0 Å². The Hall–Kier alpha value is -1.73. The molecule has 0 aromatic carbocycles. The number of aliphatic hydroxyl groups is 1. The van der Waals surface area contributed by atoms with E-state index in [9.17, 15) is 9.90 Å². The van der Waals surface area contributed by atoms with Gasteiger partial charge in [0.25, 0.3) is 0 Å². The number of likely N-dealkylation sites (tertiary alicyclic amines) is 1. The maximum absolute atomic E-state index is 11.4. The number of esters is 1. The molecule has 0 bridgehead atoms. The predicted molar refractivity (Wildman–Crippen MR) is 89.9 cm³/mol. The Morgan fingerprint density at radius 1 is 1.21 bits per heavy atom. The Bertz CT molecular complexity index is 543. The molecule has 7 heteroatoms. The van der Waals surface area contributed by atoms with Crippen LogP contribution in [0.3, 0.4) is 0 Å². The summed E-state index contributed by atoms with van der Waals surface area (Å²) >= 11 is 0. The van der Waals surface area contributed by atoms with E-state index in [1.54, 1.807) is 12.1 Å². The zero-order chi connectivity index (χ0) is 16.9. The summed E-state index contributed by atoms with van der Waals surface area (Å²) in [5.74, 6) is 0.201. The zero-order valence-corrected chi connectivity index (χ0v) is 14.1. The molecule has 2 atom stereocenters. The molecule has 2 heterocycles. The fourth-order valence-corrected chi connectivity index (χ4v) is 3.72. The van der Waals surface area contributed by atoms with Gasteiger partial charge in [-0.15, -0.1) is 10.2 Å². The van der Waals surface area contributed by atoms with Crippen LogP contribution >= 0.6 is 0 Å². The van der Waals surface area contributed by atoms with Crippen molar-refractivity contribution in [3.05, 3.63) is 17.8 Å². The molecule has 2 fully saturated rings. The number of carbonyl (C=O) groups is 1. The molecule has 2 unspecified atom stereocenters. The molecule has 1 aromatic rings. The second kappa shape index (κ2) is 7.90. The van der Waals surface area contributed by atoms with Gasteiger partial charge in [-0.2, -0.15) is 0 Å². The maximum Gasteiger partial charge on any atom is 0.358 e. The normalized spacial score (nSPS) is 26.1. The molecule has 2 aliphatic rings. The summed E-state index contributed by atoms with van der Waals surface area (Å²) < 4.78 is 4.62. The van der Waals surface area contributed by atoms with Gasteiger partial charge in [0.05, 0.1) is 13.2 Å². The fraction of sp³-hybridized carbons (Fsp3) is 0.706. The minimum absolute atomic E-state index is 0.167. The second-order valence-corrected chi connectivity index (χ2v) is 6.67. The molecule has 1 aromatic heterocycles. The van der Waals surface area contributed by atoms with Crippen molar-refractivity contribution in [1.29, 1.82) is 0 Å². The number of carbonyl (C=O) groups excluding carboxylic acids is 1. The van der Waals surface area contributed by atoms with E-state index in [-0.39, 0.29) is 11.8 Å². The predicted octanol–water partition coefficient (Wildman–Crippen LogP) is 1.44. The summed E-state index contributed by atoms with van der Waals surface area (Å²) in [6.45, 7) is 1.99. The van der Waals surface area contributed by atoms with E-state index in [4.69, 9.17) is 0 Å². The molecule has 132 valence electrons. The van der Waals surface area contributed by atoms with Gasteiger partial charge in [-0.1, -0.05) is 12.8 Å². The first-order valence-electron chi connectivity index (χ1n) is 8.78. The molecular weight excluding hydrogens is 308 g/mol. The molecule has 0 spiro atoms. The monoisotopic (exact) mass is 334 g/mol. The first-order valence-corrected chi connectivity index (χ1v) is 8.78. The van der Waals surface area contributed by atoms with E-state index >= 15 is 0 Å². The van der Waals surface area contributed by atoms with Crippen molar-refractivity contribution in [1.82, 2.24) is 15.1 Å². The molecule has 0 radical (unpaired) electrons. The van der Waals surface area contributed by atoms with Crippen molar-refractivity contribution in [2.45, 2.75) is 56.7 Å². The standard InChI is InChI=1S/C17H26N4O3/c1-24-17(23)13-6-7-16(20-19-13)18-12-8-10-21(11-9-12)14-4-2-3-5-15(14)22/h6-7,12,14-15,22H,2-5,8-11H2,1H3,(H,18,20). The Balaban J connectivity index is 1.49. The molecule has 0 amide bonds. The number of hydrogen-bond acceptors (Lipinski definition) is 7. The van der Waals surface area contributed by atoms with Crippen LogP contribution < -0.4 is 5.32 Å². The number of anilines is 1. The van der Waals surface area contributed by atoms with E-state index < -0.39 is 5.97 Å². The van der Waals surface area contributed by atoms with E-state index in [0.29, 0.717) is 17.9 Å². The lowest BCUT2D eigenvalue weighted by atomic mass is 9.89. The van der Waals surface area contributed by atoms with Gasteiger partial charge in [0.2, 0.25) is 0 Å². The highest BCUT2D eigenvalue weighted by atomic mass is 16.5. The van der Waals surface area contributed by atoms with Gasteiger partial charge in [-0.05, 0) is 37.8 Å². The number of aromatic nitrogens is 2. The third kappa shape index (κ3) is 4.02. The molecule has 24 heavy (non-hydrogen) atoms. The van der Waals surface area contributed by atoms with Crippen LogP contribution in [-0.2, 0) is 4.74 Å². The molecule has 1 aliphatic heterocycles. The summed E-state index contributed by atoms with van der Waals surface area (Å²) in [7, 11) is 1.33. The SMILES string of the molecule is COC(=O)c1ccc(NC2CCN(C3CCCCC3O)CC2)nn1. The number of nitrogens with one attached hydrogen (secondary N) is 1. The lowest BCUT2D eigenvalue weighted by Crippen LogP contribution is -2.50. The van der Waals surface area contributed by atoms with Crippen LogP contribution in [0.5, 0.6) is 0 Å². The fourth-order valence-electron chi connectivity index (χ4n) is 3.72. The largest absolute Gasteiger partial charge is 0.464 e. The van der Waals surface area contributed by atoms with Gasteiger partial charge in [0, 0.05) is 25.2 Å². The summed E-state index contributed by atoms with van der Waals surface area (Å²) in [5, 5.41) is 21.5. The van der Waals surface area contributed by atoms with Crippen LogP contribution in [0.15, 0.2) is 12.1 Å². The molecule has 3 rings (SSSR count). The molecule has 2 N–H and O–H groups in total. The average molecular weight is 334 g/mol. The summed E-state index contributed by atoms with van der Waals surface area (Å²) in [4.78, 5) is 13.8. The summed E-state index contributed by atoms with van der Waals surface area (Å²) in [6.07, 6.45) is 6.29. The number of aliphatic hydroxyl groups excluding tert-OH is 1. The quantitative estimate of drug-likeness (QED) is 0.806. The van der Waals surface area contributed by atoms with Gasteiger partial charge in [-0.3, -0.25) is 4.90 Å². The molecule has 1 aliphatic carbocycles. The van der Waals surface area contributed by atoms with Gasteiger partial charge in [0.15, 0.2) is 5.69 Å². The van der Waals surface area contributed by atoms with Crippen molar-refractivity contribution in [2.75, 3.05) is 25.5 Å². The average Bonchev–Trinajstić information content (AvgIpc) is 2.63.